The van der Waals surface area contributed by atoms with Crippen LogP contribution in [-0.4, -0.2) is 16.2 Å². The van der Waals surface area contributed by atoms with Crippen molar-refractivity contribution in [2.45, 2.75) is 24.2 Å². The Morgan fingerprint density at radius 3 is 2.35 bits per heavy atom. The molecule has 0 unspecified atom stereocenters. The number of aliphatic hydroxyl groups excluding tert-OH is 1. The highest BCUT2D eigenvalue weighted by atomic mass is 32.2. The zero-order valence-corrected chi connectivity index (χ0v) is 12.0. The monoisotopic (exact) mass is 288 g/mol. The summed E-state index contributed by atoms with van der Waals surface area (Å²) in [5.74, 6) is -0.120. The maximum absolute atomic E-state index is 11.1. The Hall–Kier alpha value is -1.78. The zero-order chi connectivity index (χ0) is 14.5. The van der Waals surface area contributed by atoms with Crippen molar-refractivity contribution in [2.75, 3.05) is 0 Å². The molecule has 0 radical (unpaired) electrons. The minimum absolute atomic E-state index is 0.0490. The summed E-state index contributed by atoms with van der Waals surface area (Å²) in [6.07, 6.45) is 0. The average molecular weight is 288 g/mol. The van der Waals surface area contributed by atoms with Crippen molar-refractivity contribution in [3.8, 4) is 0 Å². The fraction of sp³-hybridized carbons (Fsp3) is 0.188. The van der Waals surface area contributed by atoms with E-state index in [-0.39, 0.29) is 6.61 Å². The van der Waals surface area contributed by atoms with Gasteiger partial charge in [-0.25, -0.2) is 4.79 Å². The maximum Gasteiger partial charge on any atom is 0.335 e. The van der Waals surface area contributed by atoms with Crippen molar-refractivity contribution in [3.63, 3.8) is 0 Å². The molecule has 0 atom stereocenters. The molecule has 0 aliphatic carbocycles. The average Bonchev–Trinajstić information content (AvgIpc) is 2.46. The number of aromatic carboxylic acids is 1. The van der Waals surface area contributed by atoms with Gasteiger partial charge in [0, 0.05) is 10.6 Å². The summed E-state index contributed by atoms with van der Waals surface area (Å²) in [7, 11) is 0. The van der Waals surface area contributed by atoms with E-state index in [4.69, 9.17) is 10.2 Å². The molecule has 0 aliphatic rings. The number of carboxylic acid groups (broad SMARTS) is 1. The molecule has 20 heavy (non-hydrogen) atoms. The highest BCUT2D eigenvalue weighted by Crippen LogP contribution is 2.25. The van der Waals surface area contributed by atoms with Crippen molar-refractivity contribution in [3.05, 3.63) is 64.7 Å². The molecule has 2 rings (SSSR count). The predicted octanol–water partition coefficient (Wildman–Crippen LogP) is 3.48. The van der Waals surface area contributed by atoms with Crippen LogP contribution < -0.4 is 0 Å². The SMILES string of the molecule is Cc1ccc(SCc2ccc(CO)cc2)cc1C(=O)O. The molecule has 2 aromatic carbocycles. The number of hydrogen-bond donors (Lipinski definition) is 2. The molecule has 0 fully saturated rings. The molecule has 3 nitrogen and oxygen atoms in total. The Bertz CT molecular complexity index is 606. The molecule has 0 aliphatic heterocycles. The normalized spacial score (nSPS) is 10.5. The first kappa shape index (κ1) is 14.6. The predicted molar refractivity (Wildman–Crippen MR) is 80.1 cm³/mol. The first-order valence-corrected chi connectivity index (χ1v) is 7.24. The number of thioether (sulfide) groups is 1. The zero-order valence-electron chi connectivity index (χ0n) is 11.2. The van der Waals surface area contributed by atoms with Gasteiger partial charge >= 0.3 is 5.97 Å². The lowest BCUT2D eigenvalue weighted by molar-refractivity contribution is 0.0696. The molecule has 4 heteroatoms. The minimum atomic E-state index is -0.891. The second-order valence-electron chi connectivity index (χ2n) is 4.55. The van der Waals surface area contributed by atoms with Crippen LogP contribution in [0.5, 0.6) is 0 Å². The summed E-state index contributed by atoms with van der Waals surface area (Å²) >= 11 is 1.60. The maximum atomic E-state index is 11.1. The van der Waals surface area contributed by atoms with Crippen molar-refractivity contribution < 1.29 is 15.0 Å². The van der Waals surface area contributed by atoms with Crippen LogP contribution in [0.2, 0.25) is 0 Å². The Labute approximate surface area is 122 Å². The second-order valence-corrected chi connectivity index (χ2v) is 5.59. The summed E-state index contributed by atoms with van der Waals surface area (Å²) in [6.45, 7) is 1.85. The van der Waals surface area contributed by atoms with E-state index in [0.717, 1.165) is 27.3 Å². The molecule has 0 amide bonds. The molecule has 2 N–H and O–H groups in total. The van der Waals surface area contributed by atoms with Crippen molar-refractivity contribution in [2.24, 2.45) is 0 Å². The fourth-order valence-electron chi connectivity index (χ4n) is 1.83. The van der Waals surface area contributed by atoms with Crippen LogP contribution in [0.25, 0.3) is 0 Å². The van der Waals surface area contributed by atoms with E-state index in [1.54, 1.807) is 24.8 Å². The summed E-state index contributed by atoms with van der Waals surface area (Å²) in [5.41, 5.74) is 3.16. The molecule has 0 spiro atoms. The largest absolute Gasteiger partial charge is 0.478 e. The lowest BCUT2D eigenvalue weighted by Crippen LogP contribution is -1.99. The number of benzene rings is 2. The third kappa shape index (κ3) is 3.62. The minimum Gasteiger partial charge on any atom is -0.478 e. The molecule has 0 heterocycles. The van der Waals surface area contributed by atoms with Crippen molar-refractivity contribution in [1.29, 1.82) is 0 Å². The first-order chi connectivity index (χ1) is 9.60. The van der Waals surface area contributed by atoms with Gasteiger partial charge in [-0.1, -0.05) is 30.3 Å². The smallest absolute Gasteiger partial charge is 0.335 e. The standard InChI is InChI=1S/C16H16O3S/c1-11-2-7-14(8-15(11)16(18)19)20-10-13-5-3-12(9-17)4-6-13/h2-8,17H,9-10H2,1H3,(H,18,19). The van der Waals surface area contributed by atoms with Gasteiger partial charge in [0.1, 0.15) is 0 Å². The van der Waals surface area contributed by atoms with Gasteiger partial charge in [0.25, 0.3) is 0 Å². The quantitative estimate of drug-likeness (QED) is 0.827. The van der Waals surface area contributed by atoms with E-state index in [1.165, 1.54) is 0 Å². The molecular formula is C16H16O3S. The van der Waals surface area contributed by atoms with E-state index >= 15 is 0 Å². The Morgan fingerprint density at radius 2 is 1.75 bits per heavy atom. The Kier molecular flexibility index (Phi) is 4.82. The number of rotatable bonds is 5. The topological polar surface area (TPSA) is 57.5 Å². The third-order valence-corrected chi connectivity index (χ3v) is 4.12. The lowest BCUT2D eigenvalue weighted by atomic mass is 10.1. The second kappa shape index (κ2) is 6.59. The molecule has 104 valence electrons. The van der Waals surface area contributed by atoms with Gasteiger partial charge in [-0.3, -0.25) is 0 Å². The summed E-state index contributed by atoms with van der Waals surface area (Å²) in [6, 6.07) is 13.2. The Morgan fingerprint density at radius 1 is 1.10 bits per heavy atom. The van der Waals surface area contributed by atoms with Crippen LogP contribution in [-0.2, 0) is 12.4 Å². The molecule has 0 bridgehead atoms. The molecule has 0 saturated carbocycles. The van der Waals surface area contributed by atoms with Crippen LogP contribution in [0.15, 0.2) is 47.4 Å². The van der Waals surface area contributed by atoms with Crippen LogP contribution >= 0.6 is 11.8 Å². The van der Waals surface area contributed by atoms with Crippen molar-refractivity contribution in [1.82, 2.24) is 0 Å². The van der Waals surface area contributed by atoms with E-state index in [1.807, 2.05) is 36.4 Å². The van der Waals surface area contributed by atoms with E-state index in [2.05, 4.69) is 0 Å². The highest BCUT2D eigenvalue weighted by Gasteiger charge is 2.08. The summed E-state index contributed by atoms with van der Waals surface area (Å²) < 4.78 is 0. The highest BCUT2D eigenvalue weighted by molar-refractivity contribution is 7.98. The first-order valence-electron chi connectivity index (χ1n) is 6.25. The number of carbonyl (C=O) groups is 1. The third-order valence-electron chi connectivity index (χ3n) is 3.05. The lowest BCUT2D eigenvalue weighted by Gasteiger charge is -2.06. The van der Waals surface area contributed by atoms with E-state index in [0.29, 0.717) is 5.56 Å². The number of aliphatic hydroxyl groups is 1. The summed E-state index contributed by atoms with van der Waals surface area (Å²) in [5, 5.41) is 18.1. The van der Waals surface area contributed by atoms with Gasteiger partial charge in [-0.05, 0) is 35.7 Å². The van der Waals surface area contributed by atoms with Gasteiger partial charge in [0.2, 0.25) is 0 Å². The summed E-state index contributed by atoms with van der Waals surface area (Å²) in [4.78, 5) is 12.0. The van der Waals surface area contributed by atoms with Crippen LogP contribution in [0.1, 0.15) is 27.0 Å². The van der Waals surface area contributed by atoms with Crippen LogP contribution in [0.4, 0.5) is 0 Å². The number of aryl methyl sites for hydroxylation is 1. The van der Waals surface area contributed by atoms with E-state index in [9.17, 15) is 4.79 Å². The van der Waals surface area contributed by atoms with E-state index < -0.39 is 5.97 Å². The van der Waals surface area contributed by atoms with Gasteiger partial charge in [0.15, 0.2) is 0 Å². The van der Waals surface area contributed by atoms with Crippen LogP contribution in [0, 0.1) is 6.92 Å². The number of hydrogen-bond acceptors (Lipinski definition) is 3. The van der Waals surface area contributed by atoms with Gasteiger partial charge < -0.3 is 10.2 Å². The van der Waals surface area contributed by atoms with Gasteiger partial charge in [-0.2, -0.15) is 0 Å². The van der Waals surface area contributed by atoms with Gasteiger partial charge in [-0.15, -0.1) is 11.8 Å². The molecule has 0 saturated heterocycles. The molecular weight excluding hydrogens is 272 g/mol. The van der Waals surface area contributed by atoms with Crippen LogP contribution in [0.3, 0.4) is 0 Å². The molecule has 0 aromatic heterocycles. The Balaban J connectivity index is 2.06. The fourth-order valence-corrected chi connectivity index (χ4v) is 2.72. The number of carboxylic acids is 1. The molecule has 2 aromatic rings. The van der Waals surface area contributed by atoms with Gasteiger partial charge in [0.05, 0.1) is 12.2 Å². The van der Waals surface area contributed by atoms with Crippen molar-refractivity contribution >= 4 is 17.7 Å².